The van der Waals surface area contributed by atoms with E-state index in [0.29, 0.717) is 17.3 Å². The number of anilines is 1. The standard InChI is InChI=1S/C22H24N8O/c1-13-25-20-17(9-24-28(20)3)21(26-13)29-10-14-8-15(12-29)18-5-4-16(22(31)30(18)11-14)19-23-6-7-27(19)2/h4-7,9,14-15H,8,10-12H2,1-3H3/t14-,15+/m0/s1. The van der Waals surface area contributed by atoms with E-state index in [4.69, 9.17) is 4.98 Å². The molecule has 0 aliphatic carbocycles. The molecule has 6 heterocycles. The molecule has 0 spiro atoms. The molecule has 0 saturated carbocycles. The number of hydrogen-bond acceptors (Lipinski definition) is 6. The van der Waals surface area contributed by atoms with Crippen LogP contribution in [0.25, 0.3) is 22.4 Å². The van der Waals surface area contributed by atoms with Crippen molar-refractivity contribution in [2.45, 2.75) is 25.8 Å². The lowest BCUT2D eigenvalue weighted by Gasteiger charge is -2.43. The van der Waals surface area contributed by atoms with Gasteiger partial charge in [0.25, 0.3) is 5.56 Å². The van der Waals surface area contributed by atoms with Crippen LogP contribution < -0.4 is 10.5 Å². The number of hydrogen-bond donors (Lipinski definition) is 0. The molecule has 6 rings (SSSR count). The molecule has 0 unspecified atom stereocenters. The van der Waals surface area contributed by atoms with E-state index in [1.807, 2.05) is 48.6 Å². The number of piperidine rings is 1. The molecule has 1 saturated heterocycles. The molecule has 2 aliphatic rings. The topological polar surface area (TPSA) is 86.7 Å². The third kappa shape index (κ3) is 2.72. The second-order valence-corrected chi connectivity index (χ2v) is 8.75. The second kappa shape index (κ2) is 6.50. The number of aromatic nitrogens is 7. The van der Waals surface area contributed by atoms with Gasteiger partial charge in [0, 0.05) is 57.7 Å². The Balaban J connectivity index is 1.40. The van der Waals surface area contributed by atoms with Crippen LogP contribution in [0.2, 0.25) is 0 Å². The molecule has 4 aromatic rings. The Morgan fingerprint density at radius 3 is 2.77 bits per heavy atom. The van der Waals surface area contributed by atoms with E-state index in [1.165, 1.54) is 0 Å². The van der Waals surface area contributed by atoms with Gasteiger partial charge in [-0.3, -0.25) is 9.48 Å². The summed E-state index contributed by atoms with van der Waals surface area (Å²) < 4.78 is 5.67. The first-order chi connectivity index (χ1) is 15.0. The lowest BCUT2D eigenvalue weighted by Crippen LogP contribution is -2.47. The van der Waals surface area contributed by atoms with E-state index in [0.717, 1.165) is 54.4 Å². The summed E-state index contributed by atoms with van der Waals surface area (Å²) in [6.07, 6.45) is 6.55. The predicted octanol–water partition coefficient (Wildman–Crippen LogP) is 1.86. The van der Waals surface area contributed by atoms with Crippen molar-refractivity contribution < 1.29 is 0 Å². The monoisotopic (exact) mass is 416 g/mol. The van der Waals surface area contributed by atoms with E-state index in [9.17, 15) is 4.79 Å². The summed E-state index contributed by atoms with van der Waals surface area (Å²) in [5, 5.41) is 5.37. The van der Waals surface area contributed by atoms with E-state index in [2.05, 4.69) is 26.0 Å². The molecular weight excluding hydrogens is 392 g/mol. The fraction of sp³-hybridized carbons (Fsp3) is 0.409. The molecule has 0 aromatic carbocycles. The highest BCUT2D eigenvalue weighted by Gasteiger charge is 2.36. The molecule has 0 radical (unpaired) electrons. The highest BCUT2D eigenvalue weighted by molar-refractivity contribution is 5.87. The Hall–Kier alpha value is -3.49. The Morgan fingerprint density at radius 2 is 1.97 bits per heavy atom. The average Bonchev–Trinajstić information content (AvgIpc) is 3.34. The third-order valence-electron chi connectivity index (χ3n) is 6.65. The van der Waals surface area contributed by atoms with Crippen molar-refractivity contribution in [2.24, 2.45) is 20.0 Å². The van der Waals surface area contributed by atoms with Crippen molar-refractivity contribution in [3.63, 3.8) is 0 Å². The minimum absolute atomic E-state index is 0.0579. The number of nitrogens with zero attached hydrogens (tertiary/aromatic N) is 8. The highest BCUT2D eigenvalue weighted by Crippen LogP contribution is 2.38. The summed E-state index contributed by atoms with van der Waals surface area (Å²) in [6.45, 7) is 4.35. The molecule has 158 valence electrons. The lowest BCUT2D eigenvalue weighted by molar-refractivity contribution is 0.281. The fourth-order valence-electron chi connectivity index (χ4n) is 5.27. The normalized spacial score (nSPS) is 20.3. The van der Waals surface area contributed by atoms with Crippen molar-refractivity contribution in [1.82, 2.24) is 33.9 Å². The second-order valence-electron chi connectivity index (χ2n) is 8.75. The minimum Gasteiger partial charge on any atom is -0.355 e. The van der Waals surface area contributed by atoms with Crippen molar-refractivity contribution in [3.8, 4) is 11.4 Å². The van der Waals surface area contributed by atoms with Gasteiger partial charge in [-0.1, -0.05) is 0 Å². The van der Waals surface area contributed by atoms with Crippen LogP contribution in [0.3, 0.4) is 0 Å². The molecule has 2 bridgehead atoms. The lowest BCUT2D eigenvalue weighted by atomic mass is 9.83. The SMILES string of the molecule is Cc1nc(N2C[C@@H]3C[C@H](C2)c2ccc(-c4nccn4C)c(=O)n2C3)c2cnn(C)c2n1. The Bertz CT molecular complexity index is 1380. The summed E-state index contributed by atoms with van der Waals surface area (Å²) in [7, 11) is 3.83. The van der Waals surface area contributed by atoms with Gasteiger partial charge in [-0.2, -0.15) is 5.10 Å². The number of pyridine rings is 1. The first kappa shape index (κ1) is 18.3. The maximum absolute atomic E-state index is 13.3. The van der Waals surface area contributed by atoms with Gasteiger partial charge in [0.2, 0.25) is 0 Å². The van der Waals surface area contributed by atoms with Gasteiger partial charge >= 0.3 is 0 Å². The summed E-state index contributed by atoms with van der Waals surface area (Å²) in [6, 6.07) is 4.05. The quantitative estimate of drug-likeness (QED) is 0.496. The third-order valence-corrected chi connectivity index (χ3v) is 6.65. The van der Waals surface area contributed by atoms with Crippen LogP contribution in [0.5, 0.6) is 0 Å². The van der Waals surface area contributed by atoms with Crippen molar-refractivity contribution in [1.29, 1.82) is 0 Å². The molecular formula is C22H24N8O. The van der Waals surface area contributed by atoms with Crippen LogP contribution in [0, 0.1) is 12.8 Å². The molecule has 9 heteroatoms. The molecule has 2 atom stereocenters. The van der Waals surface area contributed by atoms with Gasteiger partial charge in [0.05, 0.1) is 17.1 Å². The highest BCUT2D eigenvalue weighted by atomic mass is 16.1. The number of rotatable bonds is 2. The van der Waals surface area contributed by atoms with E-state index in [1.54, 1.807) is 10.9 Å². The molecule has 1 fully saturated rings. The summed E-state index contributed by atoms with van der Waals surface area (Å²) in [5.41, 5.74) is 2.69. The molecule has 31 heavy (non-hydrogen) atoms. The first-order valence-electron chi connectivity index (χ1n) is 10.6. The fourth-order valence-corrected chi connectivity index (χ4v) is 5.27. The molecule has 2 aliphatic heterocycles. The number of imidazole rings is 1. The molecule has 0 N–H and O–H groups in total. The zero-order chi connectivity index (χ0) is 21.3. The summed E-state index contributed by atoms with van der Waals surface area (Å²) >= 11 is 0. The Morgan fingerprint density at radius 1 is 1.10 bits per heavy atom. The number of aryl methyl sites for hydroxylation is 3. The average molecular weight is 416 g/mol. The maximum Gasteiger partial charge on any atom is 0.261 e. The van der Waals surface area contributed by atoms with Gasteiger partial charge in [-0.25, -0.2) is 15.0 Å². The van der Waals surface area contributed by atoms with Gasteiger partial charge < -0.3 is 14.0 Å². The van der Waals surface area contributed by atoms with E-state index < -0.39 is 0 Å². The minimum atomic E-state index is 0.0579. The smallest absolute Gasteiger partial charge is 0.261 e. The van der Waals surface area contributed by atoms with Crippen LogP contribution in [0.1, 0.15) is 23.9 Å². The first-order valence-corrected chi connectivity index (χ1v) is 10.6. The van der Waals surface area contributed by atoms with Crippen molar-refractivity contribution in [2.75, 3.05) is 18.0 Å². The predicted molar refractivity (Wildman–Crippen MR) is 117 cm³/mol. The van der Waals surface area contributed by atoms with E-state index in [-0.39, 0.29) is 11.5 Å². The van der Waals surface area contributed by atoms with Crippen LogP contribution in [0.4, 0.5) is 5.82 Å². The molecule has 4 aromatic heterocycles. The van der Waals surface area contributed by atoms with Gasteiger partial charge in [-0.05, 0) is 31.4 Å². The van der Waals surface area contributed by atoms with E-state index >= 15 is 0 Å². The van der Waals surface area contributed by atoms with Gasteiger partial charge in [0.15, 0.2) is 5.65 Å². The summed E-state index contributed by atoms with van der Waals surface area (Å²) in [5.74, 6) is 3.09. The Labute approximate surface area is 179 Å². The van der Waals surface area contributed by atoms with Gasteiger partial charge in [-0.15, -0.1) is 0 Å². The number of fused-ring (bicyclic) bond motifs is 5. The van der Waals surface area contributed by atoms with Crippen LogP contribution in [-0.4, -0.2) is 47.0 Å². The zero-order valence-electron chi connectivity index (χ0n) is 17.9. The van der Waals surface area contributed by atoms with Crippen molar-refractivity contribution in [3.05, 3.63) is 52.6 Å². The molecule has 9 nitrogen and oxygen atoms in total. The van der Waals surface area contributed by atoms with Crippen LogP contribution in [-0.2, 0) is 20.6 Å². The van der Waals surface area contributed by atoms with Crippen LogP contribution >= 0.6 is 0 Å². The summed E-state index contributed by atoms with van der Waals surface area (Å²) in [4.78, 5) is 29.4. The maximum atomic E-state index is 13.3. The Kier molecular flexibility index (Phi) is 3.84. The molecule has 0 amide bonds. The van der Waals surface area contributed by atoms with Gasteiger partial charge in [0.1, 0.15) is 17.5 Å². The largest absolute Gasteiger partial charge is 0.355 e. The van der Waals surface area contributed by atoms with Crippen LogP contribution in [0.15, 0.2) is 35.5 Å². The van der Waals surface area contributed by atoms with Crippen molar-refractivity contribution >= 4 is 16.9 Å². The zero-order valence-corrected chi connectivity index (χ0v) is 17.9.